The van der Waals surface area contributed by atoms with Gasteiger partial charge in [-0.05, 0) is 18.1 Å². The number of hydrogen-bond donors (Lipinski definition) is 2. The van der Waals surface area contributed by atoms with Crippen molar-refractivity contribution in [1.82, 2.24) is 24.8 Å². The molecule has 0 saturated heterocycles. The van der Waals surface area contributed by atoms with E-state index in [9.17, 15) is 4.79 Å². The number of carbonyl (C=O) groups excluding carboxylic acids is 1. The van der Waals surface area contributed by atoms with E-state index in [1.807, 2.05) is 22.2 Å². The molecule has 0 aliphatic carbocycles. The topological polar surface area (TPSA) is 84.7 Å². The highest BCUT2D eigenvalue weighted by Gasteiger charge is 2.03. The third-order valence-corrected chi connectivity index (χ3v) is 5.28. The zero-order valence-corrected chi connectivity index (χ0v) is 15.1. The van der Waals surface area contributed by atoms with Gasteiger partial charge in [-0.15, -0.1) is 11.3 Å². The molecule has 25 heavy (non-hydrogen) atoms. The Labute approximate surface area is 153 Å². The van der Waals surface area contributed by atoms with Crippen LogP contribution in [0.4, 0.5) is 10.6 Å². The van der Waals surface area contributed by atoms with Crippen LogP contribution in [0.5, 0.6) is 0 Å². The van der Waals surface area contributed by atoms with E-state index >= 15 is 0 Å². The van der Waals surface area contributed by atoms with E-state index in [0.717, 1.165) is 22.1 Å². The molecule has 0 spiro atoms. The number of hydrogen-bond acceptors (Lipinski definition) is 6. The molecule has 0 bridgehead atoms. The van der Waals surface area contributed by atoms with E-state index in [1.165, 1.54) is 0 Å². The number of anilines is 1. The van der Waals surface area contributed by atoms with Crippen LogP contribution in [0.15, 0.2) is 53.0 Å². The van der Waals surface area contributed by atoms with Gasteiger partial charge in [0.15, 0.2) is 0 Å². The van der Waals surface area contributed by atoms with Gasteiger partial charge < -0.3 is 9.88 Å². The van der Waals surface area contributed by atoms with Crippen molar-refractivity contribution in [3.05, 3.63) is 54.2 Å². The number of rotatable bonds is 8. The quantitative estimate of drug-likeness (QED) is 0.467. The van der Waals surface area contributed by atoms with Crippen LogP contribution in [0.2, 0.25) is 0 Å². The summed E-state index contributed by atoms with van der Waals surface area (Å²) in [6.07, 6.45) is 9.82. The van der Waals surface area contributed by atoms with Gasteiger partial charge in [-0.3, -0.25) is 5.32 Å². The van der Waals surface area contributed by atoms with E-state index < -0.39 is 0 Å². The lowest BCUT2D eigenvalue weighted by Crippen LogP contribution is -2.30. The molecular formula is C16H18N6OS2. The minimum absolute atomic E-state index is 0.242. The van der Waals surface area contributed by atoms with E-state index in [0.29, 0.717) is 18.9 Å². The lowest BCUT2D eigenvalue weighted by atomic mass is 10.3. The van der Waals surface area contributed by atoms with Gasteiger partial charge in [0.05, 0.1) is 6.33 Å². The fraction of sp³-hybridized carbons (Fsp3) is 0.250. The third kappa shape index (κ3) is 5.87. The maximum Gasteiger partial charge on any atom is 0.320 e. The van der Waals surface area contributed by atoms with Gasteiger partial charge in [0.1, 0.15) is 10.2 Å². The molecule has 2 amide bonds. The molecular weight excluding hydrogens is 356 g/mol. The highest BCUT2D eigenvalue weighted by atomic mass is 32.2. The molecule has 0 aliphatic heterocycles. The smallest absolute Gasteiger partial charge is 0.320 e. The SMILES string of the molecule is O=C(NCCCSc1nccs1)Nc1ccc(Cn2ccnc2)cn1. The second kappa shape index (κ2) is 9.19. The number of carbonyl (C=O) groups is 1. The first kappa shape index (κ1) is 17.4. The van der Waals surface area contributed by atoms with Crippen LogP contribution in [0, 0.1) is 0 Å². The lowest BCUT2D eigenvalue weighted by Gasteiger charge is -2.08. The van der Waals surface area contributed by atoms with Gasteiger partial charge in [0.2, 0.25) is 0 Å². The fourth-order valence-corrected chi connectivity index (χ4v) is 3.71. The van der Waals surface area contributed by atoms with Crippen molar-refractivity contribution < 1.29 is 4.79 Å². The average molecular weight is 374 g/mol. The number of urea groups is 1. The Bertz CT molecular complexity index is 759. The van der Waals surface area contributed by atoms with Gasteiger partial charge in [-0.1, -0.05) is 17.8 Å². The Morgan fingerprint density at radius 2 is 2.24 bits per heavy atom. The molecule has 0 atom stereocenters. The van der Waals surface area contributed by atoms with Crippen LogP contribution in [-0.2, 0) is 6.54 Å². The summed E-state index contributed by atoms with van der Waals surface area (Å²) in [6, 6.07) is 3.49. The number of nitrogens with zero attached hydrogens (tertiary/aromatic N) is 4. The number of pyridine rings is 1. The normalized spacial score (nSPS) is 10.6. The summed E-state index contributed by atoms with van der Waals surface area (Å²) in [4.78, 5) is 24.3. The van der Waals surface area contributed by atoms with Crippen LogP contribution in [0.1, 0.15) is 12.0 Å². The summed E-state index contributed by atoms with van der Waals surface area (Å²) >= 11 is 3.33. The Kier molecular flexibility index (Phi) is 6.41. The summed E-state index contributed by atoms with van der Waals surface area (Å²) in [5.74, 6) is 1.46. The van der Waals surface area contributed by atoms with E-state index in [1.54, 1.807) is 54.1 Å². The molecule has 0 fully saturated rings. The van der Waals surface area contributed by atoms with Crippen LogP contribution < -0.4 is 10.6 Å². The predicted octanol–water partition coefficient (Wildman–Crippen LogP) is 3.09. The molecule has 2 N–H and O–H groups in total. The summed E-state index contributed by atoms with van der Waals surface area (Å²) in [5, 5.41) is 7.52. The molecule has 0 unspecified atom stereocenters. The molecule has 7 nitrogen and oxygen atoms in total. The van der Waals surface area contributed by atoms with E-state index in [4.69, 9.17) is 0 Å². The molecule has 0 radical (unpaired) electrons. The molecule has 0 aliphatic rings. The molecule has 3 aromatic rings. The maximum atomic E-state index is 11.9. The first-order chi connectivity index (χ1) is 12.3. The molecule has 0 saturated carbocycles. The number of nitrogens with one attached hydrogen (secondary N) is 2. The van der Waals surface area contributed by atoms with Gasteiger partial charge >= 0.3 is 6.03 Å². The minimum Gasteiger partial charge on any atom is -0.338 e. The van der Waals surface area contributed by atoms with Crippen LogP contribution in [0.3, 0.4) is 0 Å². The summed E-state index contributed by atoms with van der Waals surface area (Å²) in [6.45, 7) is 1.32. The first-order valence-corrected chi connectivity index (χ1v) is 9.64. The second-order valence-corrected chi connectivity index (χ2v) is 7.40. The highest BCUT2D eigenvalue weighted by molar-refractivity contribution is 8.00. The molecule has 9 heteroatoms. The Hall–Kier alpha value is -2.39. The highest BCUT2D eigenvalue weighted by Crippen LogP contribution is 2.20. The number of amides is 2. The Morgan fingerprint density at radius 1 is 1.28 bits per heavy atom. The van der Waals surface area contributed by atoms with Crippen molar-refractivity contribution in [2.45, 2.75) is 17.3 Å². The summed E-state index contributed by atoms with van der Waals surface area (Å²) in [7, 11) is 0. The monoisotopic (exact) mass is 374 g/mol. The number of thiazole rings is 1. The van der Waals surface area contributed by atoms with Crippen molar-refractivity contribution in [2.75, 3.05) is 17.6 Å². The zero-order chi connectivity index (χ0) is 17.3. The average Bonchev–Trinajstić information content (AvgIpc) is 3.30. The van der Waals surface area contributed by atoms with Crippen molar-refractivity contribution in [3.8, 4) is 0 Å². The van der Waals surface area contributed by atoms with Crippen molar-refractivity contribution in [2.24, 2.45) is 0 Å². The van der Waals surface area contributed by atoms with Crippen LogP contribution in [0.25, 0.3) is 0 Å². The largest absolute Gasteiger partial charge is 0.338 e. The number of aromatic nitrogens is 4. The number of thioether (sulfide) groups is 1. The molecule has 3 aromatic heterocycles. The first-order valence-electron chi connectivity index (χ1n) is 7.77. The zero-order valence-electron chi connectivity index (χ0n) is 13.5. The number of imidazole rings is 1. The molecule has 3 heterocycles. The van der Waals surface area contributed by atoms with Crippen LogP contribution in [-0.4, -0.2) is 37.8 Å². The van der Waals surface area contributed by atoms with Crippen molar-refractivity contribution in [1.29, 1.82) is 0 Å². The van der Waals surface area contributed by atoms with Crippen molar-refractivity contribution >= 4 is 34.9 Å². The van der Waals surface area contributed by atoms with Gasteiger partial charge in [0.25, 0.3) is 0 Å². The van der Waals surface area contributed by atoms with Gasteiger partial charge in [-0.25, -0.2) is 19.7 Å². The lowest BCUT2D eigenvalue weighted by molar-refractivity contribution is 0.252. The van der Waals surface area contributed by atoms with E-state index in [2.05, 4.69) is 25.6 Å². The molecule has 0 aromatic carbocycles. The van der Waals surface area contributed by atoms with Crippen molar-refractivity contribution in [3.63, 3.8) is 0 Å². The summed E-state index contributed by atoms with van der Waals surface area (Å²) < 4.78 is 3.02. The van der Waals surface area contributed by atoms with Gasteiger partial charge in [0, 0.05) is 49.0 Å². The standard InChI is InChI=1S/C16H18N6OS2/c23-15(18-4-1-8-24-16-19-6-9-25-16)21-14-3-2-13(10-20-14)11-22-7-5-17-12-22/h2-3,5-7,9-10,12H,1,4,8,11H2,(H2,18,20,21,23). The third-order valence-electron chi connectivity index (χ3n) is 3.23. The fourth-order valence-electron chi connectivity index (χ4n) is 2.06. The van der Waals surface area contributed by atoms with Gasteiger partial charge in [-0.2, -0.15) is 0 Å². The molecule has 130 valence electrons. The Balaban J connectivity index is 1.34. The predicted molar refractivity (Wildman–Crippen MR) is 100 cm³/mol. The minimum atomic E-state index is -0.242. The maximum absolute atomic E-state index is 11.9. The van der Waals surface area contributed by atoms with Crippen LogP contribution >= 0.6 is 23.1 Å². The Morgan fingerprint density at radius 3 is 2.96 bits per heavy atom. The molecule has 3 rings (SSSR count). The van der Waals surface area contributed by atoms with E-state index in [-0.39, 0.29) is 6.03 Å². The second-order valence-electron chi connectivity index (χ2n) is 5.17. The summed E-state index contributed by atoms with van der Waals surface area (Å²) in [5.41, 5.74) is 1.04.